The Labute approximate surface area is 77.9 Å². The van der Waals surface area contributed by atoms with E-state index in [0.29, 0.717) is 4.47 Å². The highest BCUT2D eigenvalue weighted by Gasteiger charge is 2.03. The summed E-state index contributed by atoms with van der Waals surface area (Å²) in [5.41, 5.74) is 0.913. The van der Waals surface area contributed by atoms with Crippen LogP contribution >= 0.6 is 15.9 Å². The second kappa shape index (κ2) is 2.59. The largest absolute Gasteiger partial charge is 0.350 e. The number of halogens is 2. The zero-order valence-corrected chi connectivity index (χ0v) is 8.10. The molecule has 62 valence electrons. The van der Waals surface area contributed by atoms with Gasteiger partial charge in [0.15, 0.2) is 0 Å². The standard InChI is InChI=1S/C9H7BrFN/c1-12-3-2-6-4-7(10)8(11)5-9(6)12/h2-5H,1H3. The van der Waals surface area contributed by atoms with E-state index in [0.717, 1.165) is 10.9 Å². The molecule has 0 saturated carbocycles. The molecule has 2 rings (SSSR count). The molecule has 0 bridgehead atoms. The number of nitrogens with zero attached hydrogens (tertiary/aromatic N) is 1. The molecule has 2 aromatic rings. The third-order valence-electron chi connectivity index (χ3n) is 1.93. The molecule has 0 radical (unpaired) electrons. The van der Waals surface area contributed by atoms with E-state index in [2.05, 4.69) is 15.9 Å². The SMILES string of the molecule is Cn1ccc2cc(Br)c(F)cc21. The third-order valence-corrected chi connectivity index (χ3v) is 2.53. The second-order valence-electron chi connectivity index (χ2n) is 2.75. The summed E-state index contributed by atoms with van der Waals surface area (Å²) in [5, 5.41) is 1.05. The Morgan fingerprint density at radius 2 is 2.17 bits per heavy atom. The Bertz CT molecular complexity index is 433. The van der Waals surface area contributed by atoms with E-state index >= 15 is 0 Å². The van der Waals surface area contributed by atoms with Gasteiger partial charge >= 0.3 is 0 Å². The van der Waals surface area contributed by atoms with Crippen LogP contribution in [0.25, 0.3) is 10.9 Å². The van der Waals surface area contributed by atoms with Crippen LogP contribution in [0.4, 0.5) is 4.39 Å². The van der Waals surface area contributed by atoms with Gasteiger partial charge in [0.2, 0.25) is 0 Å². The Morgan fingerprint density at radius 1 is 1.42 bits per heavy atom. The average molecular weight is 228 g/mol. The topological polar surface area (TPSA) is 4.93 Å². The summed E-state index contributed by atoms with van der Waals surface area (Å²) in [6, 6.07) is 5.27. The molecule has 0 unspecified atom stereocenters. The number of aromatic nitrogens is 1. The number of hydrogen-bond acceptors (Lipinski definition) is 0. The Hall–Kier alpha value is -0.830. The number of fused-ring (bicyclic) bond motifs is 1. The lowest BCUT2D eigenvalue weighted by Crippen LogP contribution is -1.85. The molecule has 1 aromatic carbocycles. The maximum atomic E-state index is 13.0. The maximum Gasteiger partial charge on any atom is 0.139 e. The minimum absolute atomic E-state index is 0.218. The van der Waals surface area contributed by atoms with Crippen molar-refractivity contribution in [3.8, 4) is 0 Å². The van der Waals surface area contributed by atoms with E-state index < -0.39 is 0 Å². The van der Waals surface area contributed by atoms with Gasteiger partial charge in [0.25, 0.3) is 0 Å². The van der Waals surface area contributed by atoms with E-state index in [1.165, 1.54) is 6.07 Å². The molecule has 0 aliphatic carbocycles. The van der Waals surface area contributed by atoms with Gasteiger partial charge in [0.1, 0.15) is 5.82 Å². The summed E-state index contributed by atoms with van der Waals surface area (Å²) < 4.78 is 15.5. The monoisotopic (exact) mass is 227 g/mol. The van der Waals surface area contributed by atoms with Gasteiger partial charge in [-0.05, 0) is 34.1 Å². The summed E-state index contributed by atoms with van der Waals surface area (Å²) in [7, 11) is 1.90. The molecule has 0 saturated heterocycles. The Balaban J connectivity index is 2.87. The number of hydrogen-bond donors (Lipinski definition) is 0. The highest BCUT2D eigenvalue weighted by atomic mass is 79.9. The lowest BCUT2D eigenvalue weighted by molar-refractivity contribution is 0.622. The van der Waals surface area contributed by atoms with Crippen LogP contribution < -0.4 is 0 Å². The van der Waals surface area contributed by atoms with Gasteiger partial charge in [0, 0.05) is 18.6 Å². The highest BCUT2D eigenvalue weighted by molar-refractivity contribution is 9.10. The van der Waals surface area contributed by atoms with Gasteiger partial charge < -0.3 is 4.57 Å². The van der Waals surface area contributed by atoms with Crippen molar-refractivity contribution in [1.82, 2.24) is 4.57 Å². The van der Waals surface area contributed by atoms with Gasteiger partial charge in [-0.1, -0.05) is 0 Å². The van der Waals surface area contributed by atoms with E-state index in [-0.39, 0.29) is 5.82 Å². The number of benzene rings is 1. The molecule has 0 aliphatic heterocycles. The number of aryl methyl sites for hydroxylation is 1. The van der Waals surface area contributed by atoms with Crippen LogP contribution in [0.3, 0.4) is 0 Å². The molecular weight excluding hydrogens is 221 g/mol. The summed E-state index contributed by atoms with van der Waals surface area (Å²) in [4.78, 5) is 0. The van der Waals surface area contributed by atoms with E-state index in [4.69, 9.17) is 0 Å². The molecule has 0 amide bonds. The summed E-state index contributed by atoms with van der Waals surface area (Å²) in [6.45, 7) is 0. The predicted octanol–water partition coefficient (Wildman–Crippen LogP) is 3.08. The van der Waals surface area contributed by atoms with Gasteiger partial charge in [-0.3, -0.25) is 0 Å². The van der Waals surface area contributed by atoms with Crippen molar-refractivity contribution in [3.63, 3.8) is 0 Å². The Kier molecular flexibility index (Phi) is 1.68. The van der Waals surface area contributed by atoms with Crippen LogP contribution in [0.1, 0.15) is 0 Å². The predicted molar refractivity (Wildman–Crippen MR) is 50.6 cm³/mol. The molecule has 1 aromatic heterocycles. The fraction of sp³-hybridized carbons (Fsp3) is 0.111. The second-order valence-corrected chi connectivity index (χ2v) is 3.61. The lowest BCUT2D eigenvalue weighted by Gasteiger charge is -1.97. The summed E-state index contributed by atoms with van der Waals surface area (Å²) >= 11 is 3.14. The minimum Gasteiger partial charge on any atom is -0.350 e. The number of rotatable bonds is 0. The van der Waals surface area contributed by atoms with Crippen LogP contribution in [0.2, 0.25) is 0 Å². The van der Waals surface area contributed by atoms with Crippen molar-refractivity contribution < 1.29 is 4.39 Å². The average Bonchev–Trinajstić information content (AvgIpc) is 2.35. The highest BCUT2D eigenvalue weighted by Crippen LogP contribution is 2.23. The molecule has 3 heteroatoms. The summed E-state index contributed by atoms with van der Waals surface area (Å²) in [5.74, 6) is -0.218. The third kappa shape index (κ3) is 1.05. The molecule has 12 heavy (non-hydrogen) atoms. The molecule has 1 heterocycles. The fourth-order valence-electron chi connectivity index (χ4n) is 1.26. The minimum atomic E-state index is -0.218. The summed E-state index contributed by atoms with van der Waals surface area (Å²) in [6.07, 6.45) is 1.91. The van der Waals surface area contributed by atoms with Gasteiger partial charge in [-0.25, -0.2) is 4.39 Å². The van der Waals surface area contributed by atoms with Gasteiger partial charge in [-0.2, -0.15) is 0 Å². The van der Waals surface area contributed by atoms with E-state index in [9.17, 15) is 4.39 Å². The van der Waals surface area contributed by atoms with Crippen molar-refractivity contribution in [2.24, 2.45) is 7.05 Å². The van der Waals surface area contributed by atoms with Crippen molar-refractivity contribution in [1.29, 1.82) is 0 Å². The van der Waals surface area contributed by atoms with E-state index in [1.807, 2.05) is 23.9 Å². The maximum absolute atomic E-state index is 13.0. The normalized spacial score (nSPS) is 10.9. The first-order chi connectivity index (χ1) is 5.68. The van der Waals surface area contributed by atoms with Crippen LogP contribution in [-0.4, -0.2) is 4.57 Å². The molecular formula is C9H7BrFN. The van der Waals surface area contributed by atoms with Crippen molar-refractivity contribution in [2.75, 3.05) is 0 Å². The Morgan fingerprint density at radius 3 is 2.92 bits per heavy atom. The van der Waals surface area contributed by atoms with Crippen LogP contribution in [0, 0.1) is 5.82 Å². The van der Waals surface area contributed by atoms with Crippen LogP contribution in [-0.2, 0) is 7.05 Å². The van der Waals surface area contributed by atoms with Crippen LogP contribution in [0.15, 0.2) is 28.9 Å². The molecule has 1 nitrogen and oxygen atoms in total. The van der Waals surface area contributed by atoms with Crippen molar-refractivity contribution in [3.05, 3.63) is 34.7 Å². The van der Waals surface area contributed by atoms with Crippen LogP contribution in [0.5, 0.6) is 0 Å². The fourth-order valence-corrected chi connectivity index (χ4v) is 1.62. The van der Waals surface area contributed by atoms with E-state index in [1.54, 1.807) is 6.07 Å². The first kappa shape index (κ1) is 7.80. The zero-order valence-electron chi connectivity index (χ0n) is 6.51. The molecule has 0 atom stereocenters. The van der Waals surface area contributed by atoms with Gasteiger partial charge in [-0.15, -0.1) is 0 Å². The molecule has 0 fully saturated rings. The molecule has 0 aliphatic rings. The molecule has 0 spiro atoms. The zero-order chi connectivity index (χ0) is 8.72. The van der Waals surface area contributed by atoms with Crippen molar-refractivity contribution in [2.45, 2.75) is 0 Å². The smallest absolute Gasteiger partial charge is 0.139 e. The first-order valence-corrected chi connectivity index (χ1v) is 4.38. The van der Waals surface area contributed by atoms with Crippen molar-refractivity contribution >= 4 is 26.8 Å². The first-order valence-electron chi connectivity index (χ1n) is 3.58. The van der Waals surface area contributed by atoms with Gasteiger partial charge in [0.05, 0.1) is 9.99 Å². The molecule has 0 N–H and O–H groups in total. The quantitative estimate of drug-likeness (QED) is 0.652. The lowest BCUT2D eigenvalue weighted by atomic mass is 10.2.